The Morgan fingerprint density at radius 2 is 1.83 bits per heavy atom. The van der Waals surface area contributed by atoms with Crippen LogP contribution >= 0.6 is 0 Å². The molecule has 2 amide bonds. The van der Waals surface area contributed by atoms with E-state index >= 15 is 0 Å². The molecule has 0 aliphatic carbocycles. The summed E-state index contributed by atoms with van der Waals surface area (Å²) in [6.45, 7) is 5.74. The van der Waals surface area contributed by atoms with Crippen LogP contribution in [-0.4, -0.2) is 44.7 Å². The van der Waals surface area contributed by atoms with Gasteiger partial charge in [-0.3, -0.25) is 9.59 Å². The minimum atomic E-state index is -0.341. The van der Waals surface area contributed by atoms with Gasteiger partial charge in [-0.25, -0.2) is 0 Å². The van der Waals surface area contributed by atoms with Crippen molar-refractivity contribution in [3.63, 3.8) is 0 Å². The Morgan fingerprint density at radius 3 is 2.55 bits per heavy atom. The number of carbonyl (C=O) groups excluding carboxylic acids is 2. The largest absolute Gasteiger partial charge is 0.378 e. The van der Waals surface area contributed by atoms with Crippen LogP contribution in [0.3, 0.4) is 0 Å². The predicted octanol–water partition coefficient (Wildman–Crippen LogP) is 3.08. The second-order valence-electron chi connectivity index (χ2n) is 7.52. The van der Waals surface area contributed by atoms with Crippen LogP contribution < -0.4 is 15.1 Å². The van der Waals surface area contributed by atoms with E-state index in [-0.39, 0.29) is 24.2 Å². The molecule has 0 unspecified atom stereocenters. The molecule has 4 rings (SSSR count). The second-order valence-corrected chi connectivity index (χ2v) is 7.52. The van der Waals surface area contributed by atoms with E-state index in [0.717, 1.165) is 55.3 Å². The number of aryl methyl sites for hydroxylation is 1. The van der Waals surface area contributed by atoms with E-state index in [1.165, 1.54) is 0 Å². The molecule has 2 aromatic carbocycles. The molecule has 152 valence electrons. The Hall–Kier alpha value is -2.86. The lowest BCUT2D eigenvalue weighted by molar-refractivity contribution is -0.122. The van der Waals surface area contributed by atoms with Crippen molar-refractivity contribution in [2.75, 3.05) is 48.0 Å². The number of ether oxygens (including phenoxy) is 1. The molecule has 0 spiro atoms. The number of carbonyl (C=O) groups is 2. The number of para-hydroxylation sites is 1. The molecule has 2 heterocycles. The number of hydrogen-bond acceptors (Lipinski definition) is 4. The van der Waals surface area contributed by atoms with Crippen molar-refractivity contribution < 1.29 is 14.3 Å². The summed E-state index contributed by atoms with van der Waals surface area (Å²) in [5.41, 5.74) is 3.93. The molecule has 0 aromatic heterocycles. The monoisotopic (exact) mass is 393 g/mol. The summed E-state index contributed by atoms with van der Waals surface area (Å²) in [4.78, 5) is 29.3. The van der Waals surface area contributed by atoms with Gasteiger partial charge in [-0.05, 0) is 42.3 Å². The van der Waals surface area contributed by atoms with Crippen molar-refractivity contribution in [3.05, 3.63) is 54.1 Å². The van der Waals surface area contributed by atoms with Crippen molar-refractivity contribution in [2.24, 2.45) is 5.92 Å². The van der Waals surface area contributed by atoms with E-state index in [9.17, 15) is 9.59 Å². The Bertz CT molecular complexity index is 875. The van der Waals surface area contributed by atoms with Gasteiger partial charge in [0.1, 0.15) is 0 Å². The third-order valence-electron chi connectivity index (χ3n) is 5.67. The Balaban J connectivity index is 1.39. The van der Waals surface area contributed by atoms with Crippen LogP contribution in [-0.2, 0) is 20.7 Å². The van der Waals surface area contributed by atoms with Crippen molar-refractivity contribution in [2.45, 2.75) is 19.8 Å². The molecule has 1 atom stereocenters. The minimum Gasteiger partial charge on any atom is -0.378 e. The zero-order valence-electron chi connectivity index (χ0n) is 16.8. The highest BCUT2D eigenvalue weighted by Gasteiger charge is 2.35. The Labute approximate surface area is 171 Å². The number of morpholine rings is 1. The number of benzene rings is 2. The van der Waals surface area contributed by atoms with E-state index < -0.39 is 0 Å². The average molecular weight is 393 g/mol. The fourth-order valence-corrected chi connectivity index (χ4v) is 4.01. The first-order valence-corrected chi connectivity index (χ1v) is 10.3. The first-order chi connectivity index (χ1) is 14.2. The quantitative estimate of drug-likeness (QED) is 0.848. The molecule has 0 radical (unpaired) electrons. The molecule has 6 nitrogen and oxygen atoms in total. The SMILES string of the molecule is CCc1ccccc1N1C[C@H](C(=O)Nc2ccc(N3CCOCC3)cc2)CC1=O. The zero-order chi connectivity index (χ0) is 20.2. The standard InChI is InChI=1S/C23H27N3O3/c1-2-17-5-3-4-6-21(17)26-16-18(15-22(26)27)23(28)24-19-7-9-20(10-8-19)25-11-13-29-14-12-25/h3-10,18H,2,11-16H2,1H3,(H,24,28)/t18-/m1/s1. The normalized spacial score (nSPS) is 19.5. The first kappa shape index (κ1) is 19.5. The number of nitrogens with one attached hydrogen (secondary N) is 1. The molecule has 2 fully saturated rings. The maximum Gasteiger partial charge on any atom is 0.229 e. The second kappa shape index (κ2) is 8.66. The van der Waals surface area contributed by atoms with Gasteiger partial charge in [-0.1, -0.05) is 25.1 Å². The molecule has 2 aliphatic rings. The van der Waals surface area contributed by atoms with Crippen molar-refractivity contribution >= 4 is 28.9 Å². The topological polar surface area (TPSA) is 61.9 Å². The fourth-order valence-electron chi connectivity index (χ4n) is 4.01. The van der Waals surface area contributed by atoms with Gasteiger partial charge in [0.05, 0.1) is 19.1 Å². The van der Waals surface area contributed by atoms with Crippen LogP contribution in [0.25, 0.3) is 0 Å². The summed E-state index contributed by atoms with van der Waals surface area (Å²) in [7, 11) is 0. The van der Waals surface area contributed by atoms with E-state index in [2.05, 4.69) is 17.1 Å². The van der Waals surface area contributed by atoms with E-state index in [1.807, 2.05) is 48.5 Å². The van der Waals surface area contributed by atoms with Gasteiger partial charge in [0, 0.05) is 43.1 Å². The maximum absolute atomic E-state index is 12.8. The summed E-state index contributed by atoms with van der Waals surface area (Å²) >= 11 is 0. The fraction of sp³-hybridized carbons (Fsp3) is 0.391. The number of rotatable bonds is 5. The van der Waals surface area contributed by atoms with Gasteiger partial charge >= 0.3 is 0 Å². The van der Waals surface area contributed by atoms with E-state index in [4.69, 9.17) is 4.74 Å². The van der Waals surface area contributed by atoms with Gasteiger partial charge in [-0.2, -0.15) is 0 Å². The van der Waals surface area contributed by atoms with Gasteiger partial charge in [-0.15, -0.1) is 0 Å². The molecule has 2 aliphatic heterocycles. The third-order valence-corrected chi connectivity index (χ3v) is 5.67. The zero-order valence-corrected chi connectivity index (χ0v) is 16.8. The molecule has 29 heavy (non-hydrogen) atoms. The van der Waals surface area contributed by atoms with Crippen LogP contribution in [0.4, 0.5) is 17.1 Å². The summed E-state index contributed by atoms with van der Waals surface area (Å²) in [5.74, 6) is -0.436. The lowest BCUT2D eigenvalue weighted by Gasteiger charge is -2.28. The summed E-state index contributed by atoms with van der Waals surface area (Å²) in [5, 5.41) is 2.97. The molecule has 0 bridgehead atoms. The molecule has 2 aromatic rings. The third kappa shape index (κ3) is 4.27. The highest BCUT2D eigenvalue weighted by molar-refractivity contribution is 6.03. The van der Waals surface area contributed by atoms with Crippen LogP contribution in [0.15, 0.2) is 48.5 Å². The highest BCUT2D eigenvalue weighted by Crippen LogP contribution is 2.29. The van der Waals surface area contributed by atoms with Crippen molar-refractivity contribution in [1.29, 1.82) is 0 Å². The summed E-state index contributed by atoms with van der Waals surface area (Å²) in [6.07, 6.45) is 1.10. The average Bonchev–Trinajstić information content (AvgIpc) is 3.16. The van der Waals surface area contributed by atoms with Crippen molar-refractivity contribution in [3.8, 4) is 0 Å². The van der Waals surface area contributed by atoms with Crippen LogP contribution in [0.2, 0.25) is 0 Å². The highest BCUT2D eigenvalue weighted by atomic mass is 16.5. The Morgan fingerprint density at radius 1 is 1.10 bits per heavy atom. The Kier molecular flexibility index (Phi) is 5.81. The van der Waals surface area contributed by atoms with E-state index in [0.29, 0.717) is 6.54 Å². The van der Waals surface area contributed by atoms with Crippen LogP contribution in [0.5, 0.6) is 0 Å². The summed E-state index contributed by atoms with van der Waals surface area (Å²) < 4.78 is 5.39. The van der Waals surface area contributed by atoms with Gasteiger partial charge in [0.15, 0.2) is 0 Å². The lowest BCUT2D eigenvalue weighted by atomic mass is 10.1. The number of amides is 2. The number of nitrogens with zero attached hydrogens (tertiary/aromatic N) is 2. The first-order valence-electron chi connectivity index (χ1n) is 10.3. The van der Waals surface area contributed by atoms with Gasteiger partial charge in [0.25, 0.3) is 0 Å². The molecule has 1 N–H and O–H groups in total. The molecular formula is C23H27N3O3. The smallest absolute Gasteiger partial charge is 0.229 e. The van der Waals surface area contributed by atoms with Crippen LogP contribution in [0.1, 0.15) is 18.9 Å². The van der Waals surface area contributed by atoms with E-state index in [1.54, 1.807) is 4.90 Å². The number of anilines is 3. The van der Waals surface area contributed by atoms with Crippen molar-refractivity contribution in [1.82, 2.24) is 0 Å². The number of hydrogen-bond donors (Lipinski definition) is 1. The maximum atomic E-state index is 12.8. The summed E-state index contributed by atoms with van der Waals surface area (Å²) in [6, 6.07) is 15.8. The van der Waals surface area contributed by atoms with Gasteiger partial charge < -0.3 is 19.9 Å². The lowest BCUT2D eigenvalue weighted by Crippen LogP contribution is -2.36. The molecular weight excluding hydrogens is 366 g/mol. The molecule has 2 saturated heterocycles. The van der Waals surface area contributed by atoms with Gasteiger partial charge in [0.2, 0.25) is 11.8 Å². The predicted molar refractivity (Wildman–Crippen MR) is 114 cm³/mol. The van der Waals surface area contributed by atoms with Crippen LogP contribution in [0, 0.1) is 5.92 Å². The minimum absolute atomic E-state index is 0.00807. The molecule has 6 heteroatoms. The molecule has 0 saturated carbocycles.